The van der Waals surface area contributed by atoms with Gasteiger partial charge < -0.3 is 4.90 Å². The zero-order chi connectivity index (χ0) is 19.1. The van der Waals surface area contributed by atoms with Crippen molar-refractivity contribution in [1.29, 1.82) is 0 Å². The normalized spacial score (nSPS) is 24.0. The molecule has 0 bridgehead atoms. The molecule has 2 aliphatic heterocycles. The second-order valence-electron chi connectivity index (χ2n) is 7.21. The molecule has 2 aromatic rings. The maximum Gasteiger partial charge on any atom is 0.247 e. The van der Waals surface area contributed by atoms with Crippen LogP contribution in [0.2, 0.25) is 0 Å². The molecule has 8 nitrogen and oxygen atoms in total. The molecule has 27 heavy (non-hydrogen) atoms. The minimum Gasteiger partial charge on any atom is -0.335 e. The van der Waals surface area contributed by atoms with E-state index in [0.717, 1.165) is 12.1 Å². The molecule has 2 fully saturated rings. The van der Waals surface area contributed by atoms with Gasteiger partial charge in [-0.1, -0.05) is 6.07 Å². The quantitative estimate of drug-likeness (QED) is 0.783. The Balaban J connectivity index is 1.65. The van der Waals surface area contributed by atoms with E-state index in [9.17, 15) is 13.2 Å². The van der Waals surface area contributed by atoms with Gasteiger partial charge in [-0.25, -0.2) is 8.42 Å². The molecule has 2 aromatic heterocycles. The molecule has 1 spiro atoms. The van der Waals surface area contributed by atoms with Gasteiger partial charge in [-0.15, -0.1) is 0 Å². The van der Waals surface area contributed by atoms with Crippen LogP contribution in [0.25, 0.3) is 0 Å². The summed E-state index contributed by atoms with van der Waals surface area (Å²) in [6.45, 7) is 1.39. The van der Waals surface area contributed by atoms with Crippen LogP contribution in [0, 0.1) is 0 Å². The van der Waals surface area contributed by atoms with Crippen LogP contribution in [0.3, 0.4) is 0 Å². The monoisotopic (exact) mass is 389 g/mol. The fourth-order valence-electron chi connectivity index (χ4n) is 4.23. The first-order chi connectivity index (χ1) is 12.9. The number of hydrogen-bond acceptors (Lipinski definition) is 5. The summed E-state index contributed by atoms with van der Waals surface area (Å²) in [5.74, 6) is -0.107. The molecule has 4 heterocycles. The van der Waals surface area contributed by atoms with Gasteiger partial charge in [-0.3, -0.25) is 14.5 Å². The lowest BCUT2D eigenvalue weighted by Crippen LogP contribution is -2.60. The number of aryl methyl sites for hydroxylation is 1. The van der Waals surface area contributed by atoms with E-state index in [1.807, 2.05) is 18.2 Å². The first-order valence-electron chi connectivity index (χ1n) is 9.14. The van der Waals surface area contributed by atoms with Gasteiger partial charge >= 0.3 is 0 Å². The van der Waals surface area contributed by atoms with Crippen molar-refractivity contribution in [1.82, 2.24) is 24.0 Å². The van der Waals surface area contributed by atoms with Crippen molar-refractivity contribution in [2.45, 2.75) is 42.7 Å². The highest BCUT2D eigenvalue weighted by molar-refractivity contribution is 7.89. The first-order valence-corrected chi connectivity index (χ1v) is 10.6. The van der Waals surface area contributed by atoms with Crippen LogP contribution in [0.15, 0.2) is 41.7 Å². The maximum absolute atomic E-state index is 13.4. The molecule has 0 aromatic carbocycles. The van der Waals surface area contributed by atoms with Crippen LogP contribution in [0.4, 0.5) is 0 Å². The largest absolute Gasteiger partial charge is 0.335 e. The van der Waals surface area contributed by atoms with Gasteiger partial charge in [0.05, 0.1) is 18.4 Å². The van der Waals surface area contributed by atoms with Gasteiger partial charge in [-0.2, -0.15) is 9.40 Å². The summed E-state index contributed by atoms with van der Waals surface area (Å²) >= 11 is 0. The molecule has 0 aliphatic carbocycles. The molecule has 1 atom stereocenters. The third-order valence-electron chi connectivity index (χ3n) is 5.48. The third-order valence-corrected chi connectivity index (χ3v) is 7.40. The number of carbonyl (C=O) groups excluding carboxylic acids is 1. The minimum atomic E-state index is -3.77. The molecule has 144 valence electrons. The summed E-state index contributed by atoms with van der Waals surface area (Å²) in [6.07, 6.45) is 7.11. The molecule has 4 rings (SSSR count). The van der Waals surface area contributed by atoms with Crippen molar-refractivity contribution in [3.8, 4) is 0 Å². The van der Waals surface area contributed by atoms with Gasteiger partial charge in [0, 0.05) is 32.5 Å². The maximum atomic E-state index is 13.4. The lowest BCUT2D eigenvalue weighted by molar-refractivity contribution is -0.145. The number of nitrogens with zero attached hydrogens (tertiary/aromatic N) is 5. The van der Waals surface area contributed by atoms with Crippen LogP contribution in [-0.4, -0.2) is 56.9 Å². The highest BCUT2D eigenvalue weighted by atomic mass is 32.2. The van der Waals surface area contributed by atoms with Gasteiger partial charge in [0.2, 0.25) is 15.9 Å². The number of carbonyl (C=O) groups is 1. The summed E-state index contributed by atoms with van der Waals surface area (Å²) in [7, 11) is -2.09. The van der Waals surface area contributed by atoms with Gasteiger partial charge in [0.25, 0.3) is 0 Å². The Morgan fingerprint density at radius 2 is 1.96 bits per heavy atom. The molecule has 0 N–H and O–H groups in total. The number of amides is 1. The zero-order valence-electron chi connectivity index (χ0n) is 15.3. The van der Waals surface area contributed by atoms with Crippen molar-refractivity contribution >= 4 is 15.9 Å². The Hall–Kier alpha value is -2.26. The van der Waals surface area contributed by atoms with E-state index in [1.54, 1.807) is 18.1 Å². The predicted molar refractivity (Wildman–Crippen MR) is 98.0 cm³/mol. The first kappa shape index (κ1) is 18.1. The Bertz CT molecular complexity index is 943. The zero-order valence-corrected chi connectivity index (χ0v) is 16.1. The second-order valence-corrected chi connectivity index (χ2v) is 9.08. The topological polar surface area (TPSA) is 88.4 Å². The molecule has 1 amide bonds. The van der Waals surface area contributed by atoms with E-state index < -0.39 is 15.6 Å². The fraction of sp³-hybridized carbons (Fsp3) is 0.500. The van der Waals surface area contributed by atoms with Crippen LogP contribution >= 0.6 is 0 Å². The van der Waals surface area contributed by atoms with E-state index in [0.29, 0.717) is 38.9 Å². The molecule has 9 heteroatoms. The Morgan fingerprint density at radius 3 is 2.63 bits per heavy atom. The molecule has 2 aliphatic rings. The number of likely N-dealkylation sites (tertiary alicyclic amines) is 1. The van der Waals surface area contributed by atoms with Gasteiger partial charge in [0.1, 0.15) is 10.4 Å². The van der Waals surface area contributed by atoms with Gasteiger partial charge in [0.15, 0.2) is 0 Å². The van der Waals surface area contributed by atoms with Crippen LogP contribution < -0.4 is 0 Å². The Kier molecular flexibility index (Phi) is 4.51. The van der Waals surface area contributed by atoms with Crippen LogP contribution in [-0.2, 0) is 28.4 Å². The van der Waals surface area contributed by atoms with Crippen molar-refractivity contribution in [2.24, 2.45) is 7.05 Å². The standard InChI is InChI=1S/C18H23N5O3S/c1-21-14-16(12-20-21)27(25,26)23-11-5-8-18(23)7-4-10-22(17(18)24)13-15-6-2-3-9-19-15/h2-3,6,9,12,14H,4-5,7-8,10-11,13H2,1H3. The molecular formula is C18H23N5O3S. The molecule has 0 radical (unpaired) electrons. The highest BCUT2D eigenvalue weighted by Gasteiger charge is 2.55. The molecule has 1 unspecified atom stereocenters. The summed E-state index contributed by atoms with van der Waals surface area (Å²) in [5, 5.41) is 3.98. The van der Waals surface area contributed by atoms with Crippen molar-refractivity contribution < 1.29 is 13.2 Å². The van der Waals surface area contributed by atoms with E-state index >= 15 is 0 Å². The second kappa shape index (κ2) is 6.72. The number of rotatable bonds is 4. The lowest BCUT2D eigenvalue weighted by Gasteiger charge is -2.43. The van der Waals surface area contributed by atoms with Crippen molar-refractivity contribution in [3.05, 3.63) is 42.5 Å². The number of hydrogen-bond donors (Lipinski definition) is 0. The van der Waals surface area contributed by atoms with E-state index in [-0.39, 0.29) is 10.8 Å². The third kappa shape index (κ3) is 3.04. The van der Waals surface area contributed by atoms with Crippen molar-refractivity contribution in [2.75, 3.05) is 13.1 Å². The van der Waals surface area contributed by atoms with Crippen LogP contribution in [0.5, 0.6) is 0 Å². The average Bonchev–Trinajstić information content (AvgIpc) is 3.28. The molecule has 0 saturated carbocycles. The summed E-state index contributed by atoms with van der Waals surface area (Å²) in [6, 6.07) is 5.61. The van der Waals surface area contributed by atoms with E-state index in [2.05, 4.69) is 10.1 Å². The minimum absolute atomic E-state index is 0.107. The molecule has 2 saturated heterocycles. The number of pyridine rings is 1. The van der Waals surface area contributed by atoms with Gasteiger partial charge in [-0.05, 0) is 37.8 Å². The summed E-state index contributed by atoms with van der Waals surface area (Å²) < 4.78 is 29.3. The summed E-state index contributed by atoms with van der Waals surface area (Å²) in [5.41, 5.74) is -0.176. The highest BCUT2D eigenvalue weighted by Crippen LogP contribution is 2.41. The molecular weight excluding hydrogens is 366 g/mol. The number of aromatic nitrogens is 3. The average molecular weight is 389 g/mol. The van der Waals surface area contributed by atoms with E-state index in [4.69, 9.17) is 0 Å². The summed E-state index contributed by atoms with van der Waals surface area (Å²) in [4.78, 5) is 19.6. The Labute approximate surface area is 158 Å². The van der Waals surface area contributed by atoms with Crippen LogP contribution in [0.1, 0.15) is 31.4 Å². The number of piperidine rings is 1. The fourth-order valence-corrected chi connectivity index (χ4v) is 6.04. The lowest BCUT2D eigenvalue weighted by atomic mass is 9.86. The smallest absolute Gasteiger partial charge is 0.247 e. The van der Waals surface area contributed by atoms with Crippen molar-refractivity contribution in [3.63, 3.8) is 0 Å². The predicted octanol–water partition coefficient (Wildman–Crippen LogP) is 1.16. The Morgan fingerprint density at radius 1 is 1.19 bits per heavy atom. The number of sulfonamides is 1. The van der Waals surface area contributed by atoms with E-state index in [1.165, 1.54) is 21.4 Å². The SMILES string of the molecule is Cn1cc(S(=O)(=O)N2CCCC23CCCN(Cc2ccccn2)C3=O)cn1.